The molecule has 0 heterocycles. The van der Waals surface area contributed by atoms with Crippen LogP contribution in [0.25, 0.3) is 22.3 Å². The zero-order chi connectivity index (χ0) is 23.4. The van der Waals surface area contributed by atoms with E-state index in [1.807, 2.05) is 0 Å². The minimum atomic E-state index is -0.934. The first-order valence-corrected chi connectivity index (χ1v) is 10.2. The second-order valence-electron chi connectivity index (χ2n) is 7.43. The summed E-state index contributed by atoms with van der Waals surface area (Å²) < 4.78 is 53.9. The Morgan fingerprint density at radius 2 is 1.24 bits per heavy atom. The summed E-state index contributed by atoms with van der Waals surface area (Å²) in [7, 11) is 1.39. The van der Waals surface area contributed by atoms with Crippen molar-refractivity contribution in [2.45, 2.75) is 13.2 Å². The van der Waals surface area contributed by atoms with Crippen molar-refractivity contribution >= 4 is 0 Å². The molecule has 0 unspecified atom stereocenters. The van der Waals surface area contributed by atoms with Gasteiger partial charge in [0, 0.05) is 17.2 Å². The Morgan fingerprint density at radius 3 is 1.73 bits per heavy atom. The van der Waals surface area contributed by atoms with Gasteiger partial charge >= 0.3 is 0 Å². The summed E-state index contributed by atoms with van der Waals surface area (Å²) in [6.45, 7) is 0.0692. The molecule has 1 N–H and O–H groups in total. The van der Waals surface area contributed by atoms with Crippen LogP contribution in [0.5, 0.6) is 11.5 Å². The molecule has 6 heteroatoms. The Hall–Kier alpha value is -3.77. The fraction of sp³-hybridized carbons (Fsp3) is 0.111. The van der Waals surface area contributed by atoms with Gasteiger partial charge in [-0.3, -0.25) is 0 Å². The Kier molecular flexibility index (Phi) is 6.66. The molecule has 0 bridgehead atoms. The number of hydrogen-bond acceptors (Lipinski definition) is 3. The number of aliphatic hydroxyl groups is 1. The summed E-state index contributed by atoms with van der Waals surface area (Å²) in [5.41, 5.74) is 2.82. The zero-order valence-corrected chi connectivity index (χ0v) is 17.8. The summed E-state index contributed by atoms with van der Waals surface area (Å²) >= 11 is 0. The van der Waals surface area contributed by atoms with Gasteiger partial charge in [-0.2, -0.15) is 0 Å². The Bertz CT molecular complexity index is 1250. The molecule has 0 aliphatic rings. The maximum Gasteiger partial charge on any atom is 0.168 e. The van der Waals surface area contributed by atoms with Crippen molar-refractivity contribution in [2.24, 2.45) is 0 Å². The molecule has 0 amide bonds. The third-order valence-electron chi connectivity index (χ3n) is 5.32. The standard InChI is InChI=1S/C27H21F3O3/c1-32-25-13-10-21(14-24(25)28)33-16-18-4-8-20(9-5-18)23-12-11-22(26(29)27(23)30)19-6-2-17(15-31)3-7-19/h2-14,31H,15-16H2,1H3. The van der Waals surface area contributed by atoms with Gasteiger partial charge in [-0.05, 0) is 34.4 Å². The molecule has 0 atom stereocenters. The lowest BCUT2D eigenvalue weighted by atomic mass is 9.97. The van der Waals surface area contributed by atoms with E-state index >= 15 is 0 Å². The van der Waals surface area contributed by atoms with Crippen LogP contribution in [0.15, 0.2) is 78.9 Å². The number of hydrogen-bond donors (Lipinski definition) is 1. The molecule has 0 aliphatic carbocycles. The molecule has 0 aromatic heterocycles. The number of aliphatic hydroxyl groups excluding tert-OH is 1. The number of benzene rings is 4. The lowest BCUT2D eigenvalue weighted by Crippen LogP contribution is -1.97. The third kappa shape index (κ3) is 4.86. The van der Waals surface area contributed by atoms with Crippen LogP contribution in [0, 0.1) is 17.5 Å². The summed E-state index contributed by atoms with van der Waals surface area (Å²) in [5, 5.41) is 9.14. The van der Waals surface area contributed by atoms with E-state index in [0.717, 1.165) is 5.56 Å². The van der Waals surface area contributed by atoms with Crippen LogP contribution < -0.4 is 9.47 Å². The second kappa shape index (κ2) is 9.79. The normalized spacial score (nSPS) is 10.8. The van der Waals surface area contributed by atoms with Crippen molar-refractivity contribution in [1.29, 1.82) is 0 Å². The number of halogens is 3. The second-order valence-corrected chi connectivity index (χ2v) is 7.43. The van der Waals surface area contributed by atoms with E-state index in [-0.39, 0.29) is 30.1 Å². The first-order valence-electron chi connectivity index (χ1n) is 10.2. The summed E-state index contributed by atoms with van der Waals surface area (Å²) in [6, 6.07) is 20.9. The molecule has 0 spiro atoms. The molecule has 0 fully saturated rings. The average Bonchev–Trinajstić information content (AvgIpc) is 2.85. The summed E-state index contributed by atoms with van der Waals surface area (Å²) in [6.07, 6.45) is 0. The fourth-order valence-electron chi connectivity index (χ4n) is 3.47. The number of ether oxygens (including phenoxy) is 2. The van der Waals surface area contributed by atoms with Crippen LogP contribution in [0.2, 0.25) is 0 Å². The zero-order valence-electron chi connectivity index (χ0n) is 17.8. The molecule has 0 radical (unpaired) electrons. The molecule has 4 aromatic carbocycles. The maximum atomic E-state index is 14.9. The van der Waals surface area contributed by atoms with Crippen molar-refractivity contribution < 1.29 is 27.8 Å². The fourth-order valence-corrected chi connectivity index (χ4v) is 3.47. The van der Waals surface area contributed by atoms with Crippen LogP contribution in [-0.2, 0) is 13.2 Å². The molecule has 0 saturated heterocycles. The predicted molar refractivity (Wildman–Crippen MR) is 120 cm³/mol. The third-order valence-corrected chi connectivity index (χ3v) is 5.32. The van der Waals surface area contributed by atoms with Gasteiger partial charge in [0.15, 0.2) is 23.2 Å². The molecular weight excluding hydrogens is 429 g/mol. The van der Waals surface area contributed by atoms with Crippen LogP contribution >= 0.6 is 0 Å². The van der Waals surface area contributed by atoms with E-state index in [1.165, 1.54) is 25.3 Å². The van der Waals surface area contributed by atoms with Gasteiger partial charge in [0.05, 0.1) is 13.7 Å². The van der Waals surface area contributed by atoms with Crippen molar-refractivity contribution in [2.75, 3.05) is 7.11 Å². The van der Waals surface area contributed by atoms with Crippen LogP contribution in [0.3, 0.4) is 0 Å². The minimum absolute atomic E-state index is 0.117. The molecule has 33 heavy (non-hydrogen) atoms. The number of rotatable bonds is 7. The Labute approximate surface area is 189 Å². The van der Waals surface area contributed by atoms with Gasteiger partial charge in [0.25, 0.3) is 0 Å². The van der Waals surface area contributed by atoms with Crippen LogP contribution in [0.4, 0.5) is 13.2 Å². The monoisotopic (exact) mass is 450 g/mol. The van der Waals surface area contributed by atoms with Crippen LogP contribution in [-0.4, -0.2) is 12.2 Å². The Morgan fingerprint density at radius 1 is 0.697 bits per heavy atom. The lowest BCUT2D eigenvalue weighted by Gasteiger charge is -2.11. The molecule has 168 valence electrons. The molecule has 4 rings (SSSR count). The van der Waals surface area contributed by atoms with Gasteiger partial charge in [-0.1, -0.05) is 60.7 Å². The van der Waals surface area contributed by atoms with E-state index in [2.05, 4.69) is 0 Å². The smallest absolute Gasteiger partial charge is 0.168 e. The topological polar surface area (TPSA) is 38.7 Å². The van der Waals surface area contributed by atoms with Crippen molar-refractivity contribution in [3.05, 3.63) is 107 Å². The first kappa shape index (κ1) is 22.4. The minimum Gasteiger partial charge on any atom is -0.494 e. The first-order chi connectivity index (χ1) is 16.0. The molecule has 3 nitrogen and oxygen atoms in total. The van der Waals surface area contributed by atoms with E-state index < -0.39 is 17.5 Å². The highest BCUT2D eigenvalue weighted by Crippen LogP contribution is 2.32. The van der Waals surface area contributed by atoms with Crippen molar-refractivity contribution in [1.82, 2.24) is 0 Å². The molecular formula is C27H21F3O3. The summed E-state index contributed by atoms with van der Waals surface area (Å²) in [5.74, 6) is -1.90. The van der Waals surface area contributed by atoms with Crippen molar-refractivity contribution in [3.63, 3.8) is 0 Å². The lowest BCUT2D eigenvalue weighted by molar-refractivity contribution is 0.282. The average molecular weight is 450 g/mol. The summed E-state index contributed by atoms with van der Waals surface area (Å²) in [4.78, 5) is 0. The molecule has 4 aromatic rings. The van der Waals surface area contributed by atoms with Gasteiger partial charge in [-0.15, -0.1) is 0 Å². The van der Waals surface area contributed by atoms with Crippen molar-refractivity contribution in [3.8, 4) is 33.8 Å². The largest absolute Gasteiger partial charge is 0.494 e. The SMILES string of the molecule is COc1ccc(OCc2ccc(-c3ccc(-c4ccc(CO)cc4)c(F)c3F)cc2)cc1F. The van der Waals surface area contributed by atoms with Gasteiger partial charge < -0.3 is 14.6 Å². The highest BCUT2D eigenvalue weighted by Gasteiger charge is 2.16. The Balaban J connectivity index is 1.50. The highest BCUT2D eigenvalue weighted by molar-refractivity contribution is 5.72. The molecule has 0 saturated carbocycles. The molecule has 0 aliphatic heterocycles. The maximum absolute atomic E-state index is 14.9. The van der Waals surface area contributed by atoms with E-state index in [4.69, 9.17) is 14.6 Å². The predicted octanol–water partition coefficient (Wildman–Crippen LogP) is 6.52. The van der Waals surface area contributed by atoms with Gasteiger partial charge in [-0.25, -0.2) is 13.2 Å². The quantitative estimate of drug-likeness (QED) is 0.349. The van der Waals surface area contributed by atoms with E-state index in [1.54, 1.807) is 60.7 Å². The van der Waals surface area contributed by atoms with Crippen LogP contribution in [0.1, 0.15) is 11.1 Å². The highest BCUT2D eigenvalue weighted by atomic mass is 19.2. The van der Waals surface area contributed by atoms with Gasteiger partial charge in [0.1, 0.15) is 12.4 Å². The van der Waals surface area contributed by atoms with Gasteiger partial charge in [0.2, 0.25) is 0 Å². The van der Waals surface area contributed by atoms with E-state index in [0.29, 0.717) is 22.4 Å². The van der Waals surface area contributed by atoms with E-state index in [9.17, 15) is 13.2 Å². The number of methoxy groups -OCH3 is 1.